The number of hydrogen-bond donors (Lipinski definition) is 0. The van der Waals surface area contributed by atoms with Gasteiger partial charge in [0.2, 0.25) is 0 Å². The molecule has 0 aromatic heterocycles. The summed E-state index contributed by atoms with van der Waals surface area (Å²) in [6.45, 7) is 12.0. The van der Waals surface area contributed by atoms with Crippen LogP contribution in [0.5, 0.6) is 0 Å². The molecule has 0 spiro atoms. The molecule has 0 aliphatic carbocycles. The van der Waals surface area contributed by atoms with Crippen LogP contribution >= 0.6 is 7.26 Å². The molecule has 0 fully saturated rings. The summed E-state index contributed by atoms with van der Waals surface area (Å²) in [5.74, 6) is 0. The predicted octanol–water partition coefficient (Wildman–Crippen LogP) is 5.81. The largest absolute Gasteiger partial charge is 0.0652 e. The third-order valence-electron chi connectivity index (χ3n) is 3.97. The summed E-state index contributed by atoms with van der Waals surface area (Å²) >= 11 is 0. The highest BCUT2D eigenvalue weighted by atomic mass is 31.2. The molecule has 0 atom stereocenters. The first-order valence-corrected chi connectivity index (χ1v) is 9.90. The van der Waals surface area contributed by atoms with E-state index in [4.69, 9.17) is 0 Å². The number of unbranched alkanes of at least 4 members (excludes halogenated alkanes) is 3. The summed E-state index contributed by atoms with van der Waals surface area (Å²) in [6, 6.07) is 0. The summed E-state index contributed by atoms with van der Waals surface area (Å²) < 4.78 is 0. The Balaban J connectivity index is 4.46. The summed E-state index contributed by atoms with van der Waals surface area (Å²) in [6.07, 6.45) is 13.3. The van der Waals surface area contributed by atoms with Gasteiger partial charge in [0.25, 0.3) is 0 Å². The minimum Gasteiger partial charge on any atom is -0.0652 e. The molecule has 16 heavy (non-hydrogen) atoms. The van der Waals surface area contributed by atoms with Crippen molar-refractivity contribution >= 4 is 7.26 Å². The molecule has 98 valence electrons. The van der Waals surface area contributed by atoms with Crippen molar-refractivity contribution in [3.05, 3.63) is 0 Å². The molecular weight excluding hydrogens is 211 g/mol. The van der Waals surface area contributed by atoms with Gasteiger partial charge < -0.3 is 0 Å². The third-order valence-corrected chi connectivity index (χ3v) is 9.78. The molecule has 0 amide bonds. The van der Waals surface area contributed by atoms with Crippen molar-refractivity contribution in [2.24, 2.45) is 0 Å². The van der Waals surface area contributed by atoms with Crippen LogP contribution in [-0.2, 0) is 0 Å². The third kappa shape index (κ3) is 5.67. The molecule has 0 heterocycles. The zero-order chi connectivity index (χ0) is 12.4. The van der Waals surface area contributed by atoms with Crippen molar-refractivity contribution in [1.29, 1.82) is 0 Å². The maximum absolute atomic E-state index is 2.49. The van der Waals surface area contributed by atoms with Crippen molar-refractivity contribution in [2.45, 2.75) is 78.8 Å². The molecule has 0 rings (SSSR count). The van der Waals surface area contributed by atoms with Gasteiger partial charge in [-0.1, -0.05) is 40.0 Å². The fraction of sp³-hybridized carbons (Fsp3) is 1.00. The second kappa shape index (κ2) is 9.46. The van der Waals surface area contributed by atoms with Gasteiger partial charge in [0.05, 0.1) is 24.1 Å². The van der Waals surface area contributed by atoms with Crippen LogP contribution in [0.25, 0.3) is 0 Å². The maximum Gasteiger partial charge on any atom is 0.0641 e. The van der Waals surface area contributed by atoms with E-state index in [-0.39, 0.29) is 0 Å². The lowest BCUT2D eigenvalue weighted by Crippen LogP contribution is -2.17. The molecule has 1 heteroatoms. The first-order chi connectivity index (χ1) is 7.63. The van der Waals surface area contributed by atoms with E-state index in [1.165, 1.54) is 38.5 Å². The number of hydrogen-bond acceptors (Lipinski definition) is 0. The normalized spacial score (nSPS) is 12.4. The van der Waals surface area contributed by atoms with E-state index >= 15 is 0 Å². The summed E-state index contributed by atoms with van der Waals surface area (Å²) in [5.41, 5.74) is 0.970. The average molecular weight is 245 g/mol. The second-order valence-corrected chi connectivity index (χ2v) is 10.4. The molecule has 0 nitrogen and oxygen atoms in total. The Kier molecular flexibility index (Phi) is 9.71. The maximum atomic E-state index is 2.49. The van der Waals surface area contributed by atoms with E-state index in [2.05, 4.69) is 34.6 Å². The van der Waals surface area contributed by atoms with Crippen LogP contribution in [0, 0.1) is 0 Å². The van der Waals surface area contributed by atoms with E-state index in [9.17, 15) is 0 Å². The van der Waals surface area contributed by atoms with E-state index in [1.807, 2.05) is 0 Å². The zero-order valence-corrected chi connectivity index (χ0v) is 13.3. The van der Waals surface area contributed by atoms with Gasteiger partial charge in [0, 0.05) is 7.26 Å². The van der Waals surface area contributed by atoms with Gasteiger partial charge in [-0.15, -0.1) is 0 Å². The first-order valence-electron chi connectivity index (χ1n) is 7.48. The monoisotopic (exact) mass is 245 g/mol. The first kappa shape index (κ1) is 16.4. The average Bonchev–Trinajstić information content (AvgIpc) is 2.28. The van der Waals surface area contributed by atoms with E-state index in [1.54, 1.807) is 18.5 Å². The van der Waals surface area contributed by atoms with Crippen LogP contribution in [0.2, 0.25) is 0 Å². The second-order valence-electron chi connectivity index (χ2n) is 5.54. The lowest BCUT2D eigenvalue weighted by atomic mass is 10.4. The van der Waals surface area contributed by atoms with Crippen molar-refractivity contribution in [3.8, 4) is 0 Å². The highest BCUT2D eigenvalue weighted by Gasteiger charge is 2.38. The molecule has 0 N–H and O–H groups in total. The van der Waals surface area contributed by atoms with Crippen LogP contribution in [-0.4, -0.2) is 24.1 Å². The molecule has 0 saturated carbocycles. The van der Waals surface area contributed by atoms with E-state index in [0.717, 1.165) is 5.66 Å². The van der Waals surface area contributed by atoms with E-state index in [0.29, 0.717) is 0 Å². The Labute approximate surface area is 105 Å². The summed E-state index contributed by atoms with van der Waals surface area (Å²) in [5, 5.41) is 0. The van der Waals surface area contributed by atoms with Crippen molar-refractivity contribution in [3.63, 3.8) is 0 Å². The van der Waals surface area contributed by atoms with Crippen LogP contribution < -0.4 is 0 Å². The van der Waals surface area contributed by atoms with Crippen LogP contribution in [0.4, 0.5) is 0 Å². The van der Waals surface area contributed by atoms with Gasteiger partial charge in [-0.3, -0.25) is 0 Å². The topological polar surface area (TPSA) is 0 Å². The molecule has 0 unspecified atom stereocenters. The van der Waals surface area contributed by atoms with E-state index < -0.39 is 7.26 Å². The fourth-order valence-electron chi connectivity index (χ4n) is 2.53. The Morgan fingerprint density at radius 3 is 1.19 bits per heavy atom. The molecule has 0 aromatic carbocycles. The van der Waals surface area contributed by atoms with Crippen molar-refractivity contribution in [2.75, 3.05) is 18.5 Å². The lowest BCUT2D eigenvalue weighted by Gasteiger charge is -2.31. The van der Waals surface area contributed by atoms with Crippen LogP contribution in [0.3, 0.4) is 0 Å². The Hall–Kier alpha value is 0.430. The zero-order valence-electron chi connectivity index (χ0n) is 12.4. The Morgan fingerprint density at radius 1 is 0.688 bits per heavy atom. The molecule has 0 saturated heterocycles. The number of rotatable bonds is 10. The molecule has 0 aliphatic rings. The lowest BCUT2D eigenvalue weighted by molar-refractivity contribution is 0.819. The highest BCUT2D eigenvalue weighted by Crippen LogP contribution is 2.64. The molecule has 0 aromatic rings. The fourth-order valence-corrected chi connectivity index (χ4v) is 7.59. The molecule has 0 bridgehead atoms. The van der Waals surface area contributed by atoms with Crippen LogP contribution in [0.15, 0.2) is 0 Å². The van der Waals surface area contributed by atoms with Gasteiger partial charge in [-0.05, 0) is 33.1 Å². The Bertz CT molecular complexity index is 130. The highest BCUT2D eigenvalue weighted by molar-refractivity contribution is 7.76. The minimum atomic E-state index is -0.618. The van der Waals surface area contributed by atoms with Gasteiger partial charge in [-0.2, -0.15) is 0 Å². The molecular formula is C15H34P+. The minimum absolute atomic E-state index is 0.618. The Morgan fingerprint density at radius 2 is 1.00 bits per heavy atom. The SMILES string of the molecule is CCCC[P+](CCCC)(CCCC)C(C)C. The summed E-state index contributed by atoms with van der Waals surface area (Å²) in [4.78, 5) is 0. The van der Waals surface area contributed by atoms with Gasteiger partial charge in [0.15, 0.2) is 0 Å². The van der Waals surface area contributed by atoms with Crippen molar-refractivity contribution < 1.29 is 0 Å². The molecule has 0 radical (unpaired) electrons. The van der Waals surface area contributed by atoms with Gasteiger partial charge >= 0.3 is 0 Å². The van der Waals surface area contributed by atoms with Crippen molar-refractivity contribution in [1.82, 2.24) is 0 Å². The van der Waals surface area contributed by atoms with Gasteiger partial charge in [0.1, 0.15) is 0 Å². The summed E-state index contributed by atoms with van der Waals surface area (Å²) in [7, 11) is -0.618. The predicted molar refractivity (Wildman–Crippen MR) is 81.4 cm³/mol. The molecule has 0 aliphatic heterocycles. The standard InChI is InChI=1S/C15H34P/c1-6-9-12-16(15(4)5,13-10-7-2)14-11-8-3/h15H,6-14H2,1-5H3/q+1. The van der Waals surface area contributed by atoms with Crippen LogP contribution in [0.1, 0.15) is 73.1 Å². The van der Waals surface area contributed by atoms with Gasteiger partial charge in [-0.25, -0.2) is 0 Å². The quantitative estimate of drug-likeness (QED) is 0.426. The smallest absolute Gasteiger partial charge is 0.0641 e.